The van der Waals surface area contributed by atoms with Crippen LogP contribution < -0.4 is 0 Å². The molecule has 4 rings (SSSR count). The monoisotopic (exact) mass is 313 g/mol. The maximum absolute atomic E-state index is 12.4. The summed E-state index contributed by atoms with van der Waals surface area (Å²) in [5, 5.41) is 0. The van der Waals surface area contributed by atoms with Crippen LogP contribution in [0.1, 0.15) is 26.3 Å². The van der Waals surface area contributed by atoms with Crippen LogP contribution in [0.3, 0.4) is 0 Å². The lowest BCUT2D eigenvalue weighted by atomic mass is 10.0. The molecule has 0 saturated carbocycles. The van der Waals surface area contributed by atoms with Crippen LogP contribution in [0, 0.1) is 0 Å². The minimum Gasteiger partial charge on any atom is -0.270 e. The van der Waals surface area contributed by atoms with Gasteiger partial charge in [0.05, 0.1) is 17.7 Å². The van der Waals surface area contributed by atoms with E-state index in [0.717, 1.165) is 16.7 Å². The number of fused-ring (bicyclic) bond motifs is 1. The summed E-state index contributed by atoms with van der Waals surface area (Å²) in [6.07, 6.45) is 0. The molecule has 1 heterocycles. The van der Waals surface area contributed by atoms with E-state index < -0.39 is 0 Å². The molecule has 0 fully saturated rings. The first-order chi connectivity index (χ1) is 11.7. The molecule has 0 saturated heterocycles. The van der Waals surface area contributed by atoms with Crippen molar-refractivity contribution in [3.05, 3.63) is 95.6 Å². The highest BCUT2D eigenvalue weighted by atomic mass is 16.2. The van der Waals surface area contributed by atoms with E-state index in [1.54, 1.807) is 24.3 Å². The number of rotatable bonds is 3. The Morgan fingerprint density at radius 2 is 1.08 bits per heavy atom. The maximum atomic E-state index is 12.4. The molecule has 0 aliphatic carbocycles. The summed E-state index contributed by atoms with van der Waals surface area (Å²) in [5.74, 6) is -0.439. The van der Waals surface area contributed by atoms with Crippen molar-refractivity contribution < 1.29 is 9.59 Å². The average molecular weight is 313 g/mol. The number of hydrogen-bond acceptors (Lipinski definition) is 2. The van der Waals surface area contributed by atoms with Gasteiger partial charge in [-0.1, -0.05) is 66.7 Å². The zero-order chi connectivity index (χ0) is 16.5. The lowest BCUT2D eigenvalue weighted by Crippen LogP contribution is -2.29. The number of nitrogens with zero attached hydrogens (tertiary/aromatic N) is 1. The van der Waals surface area contributed by atoms with Crippen LogP contribution in [-0.4, -0.2) is 16.7 Å². The number of imide groups is 1. The van der Waals surface area contributed by atoms with Crippen molar-refractivity contribution >= 4 is 11.8 Å². The summed E-state index contributed by atoms with van der Waals surface area (Å²) < 4.78 is 0. The standard InChI is InChI=1S/C21H15NO2/c23-20-18-8-4-5-9-19(18)21(24)22(20)14-15-10-12-17(13-11-15)16-6-2-1-3-7-16/h1-13H,14H2. The van der Waals surface area contributed by atoms with E-state index in [0.29, 0.717) is 17.7 Å². The molecule has 3 nitrogen and oxygen atoms in total. The summed E-state index contributed by atoms with van der Waals surface area (Å²) in [6.45, 7) is 0.293. The molecule has 0 spiro atoms. The number of carbonyl (C=O) groups excluding carboxylic acids is 2. The Bertz CT molecular complexity index is 879. The first-order valence-electron chi connectivity index (χ1n) is 7.83. The summed E-state index contributed by atoms with van der Waals surface area (Å²) in [7, 11) is 0. The first-order valence-corrected chi connectivity index (χ1v) is 7.83. The number of amides is 2. The lowest BCUT2D eigenvalue weighted by Gasteiger charge is -2.14. The van der Waals surface area contributed by atoms with Crippen LogP contribution in [0.5, 0.6) is 0 Å². The second kappa shape index (κ2) is 5.78. The van der Waals surface area contributed by atoms with Crippen molar-refractivity contribution in [1.29, 1.82) is 0 Å². The highest BCUT2D eigenvalue weighted by Gasteiger charge is 2.34. The van der Waals surface area contributed by atoms with Gasteiger partial charge in [0.15, 0.2) is 0 Å². The Morgan fingerprint density at radius 1 is 0.583 bits per heavy atom. The third-order valence-corrected chi connectivity index (χ3v) is 4.28. The average Bonchev–Trinajstić information content (AvgIpc) is 2.88. The van der Waals surface area contributed by atoms with E-state index in [4.69, 9.17) is 0 Å². The molecule has 0 atom stereocenters. The van der Waals surface area contributed by atoms with Gasteiger partial charge < -0.3 is 0 Å². The largest absolute Gasteiger partial charge is 0.270 e. The molecule has 1 aliphatic heterocycles. The fourth-order valence-corrected chi connectivity index (χ4v) is 3.00. The van der Waals surface area contributed by atoms with Crippen molar-refractivity contribution in [2.75, 3.05) is 0 Å². The molecule has 0 aromatic heterocycles. The molecule has 0 N–H and O–H groups in total. The highest BCUT2D eigenvalue weighted by Crippen LogP contribution is 2.25. The van der Waals surface area contributed by atoms with Gasteiger partial charge in [-0.2, -0.15) is 0 Å². The van der Waals surface area contributed by atoms with Crippen LogP contribution in [-0.2, 0) is 6.54 Å². The Morgan fingerprint density at radius 3 is 1.67 bits per heavy atom. The third-order valence-electron chi connectivity index (χ3n) is 4.28. The number of hydrogen-bond donors (Lipinski definition) is 0. The van der Waals surface area contributed by atoms with E-state index in [1.807, 2.05) is 42.5 Å². The van der Waals surface area contributed by atoms with Gasteiger partial charge in [0.2, 0.25) is 0 Å². The summed E-state index contributed by atoms with van der Waals surface area (Å²) in [5.41, 5.74) is 4.17. The number of carbonyl (C=O) groups is 2. The smallest absolute Gasteiger partial charge is 0.261 e. The van der Waals surface area contributed by atoms with Crippen LogP contribution in [0.2, 0.25) is 0 Å². The van der Waals surface area contributed by atoms with Crippen molar-refractivity contribution in [2.45, 2.75) is 6.54 Å². The summed E-state index contributed by atoms with van der Waals surface area (Å²) >= 11 is 0. The van der Waals surface area contributed by atoms with Gasteiger partial charge in [-0.05, 0) is 28.8 Å². The minimum absolute atomic E-state index is 0.220. The van der Waals surface area contributed by atoms with Crippen molar-refractivity contribution in [2.24, 2.45) is 0 Å². The van der Waals surface area contributed by atoms with E-state index in [2.05, 4.69) is 12.1 Å². The Hall–Kier alpha value is -3.20. The molecular weight excluding hydrogens is 298 g/mol. The molecule has 2 amide bonds. The zero-order valence-corrected chi connectivity index (χ0v) is 13.0. The molecule has 1 aliphatic rings. The van der Waals surface area contributed by atoms with Crippen LogP contribution in [0.15, 0.2) is 78.9 Å². The molecule has 3 aromatic rings. The predicted molar refractivity (Wildman–Crippen MR) is 92.5 cm³/mol. The van der Waals surface area contributed by atoms with Crippen LogP contribution in [0.4, 0.5) is 0 Å². The maximum Gasteiger partial charge on any atom is 0.261 e. The van der Waals surface area contributed by atoms with Gasteiger partial charge >= 0.3 is 0 Å². The van der Waals surface area contributed by atoms with E-state index >= 15 is 0 Å². The van der Waals surface area contributed by atoms with Gasteiger partial charge in [0.25, 0.3) is 11.8 Å². The zero-order valence-electron chi connectivity index (χ0n) is 13.0. The summed E-state index contributed by atoms with van der Waals surface area (Å²) in [6, 6.07) is 25.0. The Kier molecular flexibility index (Phi) is 3.47. The molecule has 116 valence electrons. The van der Waals surface area contributed by atoms with Crippen LogP contribution >= 0.6 is 0 Å². The van der Waals surface area contributed by atoms with E-state index in [9.17, 15) is 9.59 Å². The molecule has 0 radical (unpaired) electrons. The van der Waals surface area contributed by atoms with Crippen molar-refractivity contribution in [3.63, 3.8) is 0 Å². The Balaban J connectivity index is 1.57. The van der Waals surface area contributed by atoms with Gasteiger partial charge in [0, 0.05) is 0 Å². The van der Waals surface area contributed by atoms with Gasteiger partial charge in [0.1, 0.15) is 0 Å². The van der Waals surface area contributed by atoms with Gasteiger partial charge in [-0.3, -0.25) is 14.5 Å². The molecule has 0 unspecified atom stereocenters. The Labute approximate surface area is 140 Å². The highest BCUT2D eigenvalue weighted by molar-refractivity contribution is 6.21. The molecule has 0 bridgehead atoms. The normalized spacial score (nSPS) is 13.2. The van der Waals surface area contributed by atoms with E-state index in [1.165, 1.54) is 4.90 Å². The van der Waals surface area contributed by atoms with Crippen molar-refractivity contribution in [3.8, 4) is 11.1 Å². The fourth-order valence-electron chi connectivity index (χ4n) is 3.00. The third kappa shape index (κ3) is 2.40. The topological polar surface area (TPSA) is 37.4 Å². The predicted octanol–water partition coefficient (Wildman–Crippen LogP) is 4.15. The van der Waals surface area contributed by atoms with Gasteiger partial charge in [-0.25, -0.2) is 0 Å². The second-order valence-electron chi connectivity index (χ2n) is 5.80. The van der Waals surface area contributed by atoms with Crippen molar-refractivity contribution in [1.82, 2.24) is 4.90 Å². The molecule has 3 heteroatoms. The summed E-state index contributed by atoms with van der Waals surface area (Å²) in [4.78, 5) is 26.1. The SMILES string of the molecule is O=C1c2ccccc2C(=O)N1Cc1ccc(-c2ccccc2)cc1. The first kappa shape index (κ1) is 14.4. The van der Waals surface area contributed by atoms with E-state index in [-0.39, 0.29) is 11.8 Å². The lowest BCUT2D eigenvalue weighted by molar-refractivity contribution is 0.0642. The molecule has 24 heavy (non-hydrogen) atoms. The van der Waals surface area contributed by atoms with Gasteiger partial charge in [-0.15, -0.1) is 0 Å². The molecule has 3 aromatic carbocycles. The molecular formula is C21H15NO2. The fraction of sp³-hybridized carbons (Fsp3) is 0.0476. The quantitative estimate of drug-likeness (QED) is 0.681. The second-order valence-corrected chi connectivity index (χ2v) is 5.80. The van der Waals surface area contributed by atoms with Crippen LogP contribution in [0.25, 0.3) is 11.1 Å². The minimum atomic E-state index is -0.220. The number of benzene rings is 3.